The van der Waals surface area contributed by atoms with Crippen molar-refractivity contribution in [2.24, 2.45) is 0 Å². The summed E-state index contributed by atoms with van der Waals surface area (Å²) in [6.45, 7) is 0.243. The molecule has 1 N–H and O–H groups in total. The van der Waals surface area contributed by atoms with Gasteiger partial charge in [-0.2, -0.15) is 0 Å². The van der Waals surface area contributed by atoms with Gasteiger partial charge in [0.2, 0.25) is 5.91 Å². The van der Waals surface area contributed by atoms with Crippen molar-refractivity contribution in [3.8, 4) is 0 Å². The van der Waals surface area contributed by atoms with Crippen molar-refractivity contribution in [1.29, 1.82) is 0 Å². The third-order valence-corrected chi connectivity index (χ3v) is 3.41. The number of amides is 1. The summed E-state index contributed by atoms with van der Waals surface area (Å²) in [5.74, 6) is -1.75. The maximum absolute atomic E-state index is 13.4. The molecule has 0 aromatic heterocycles. The first-order valence-electron chi connectivity index (χ1n) is 6.46. The first-order chi connectivity index (χ1) is 10.1. The fourth-order valence-corrected chi connectivity index (χ4v) is 2.11. The number of rotatable bonds is 5. The van der Waals surface area contributed by atoms with E-state index >= 15 is 0 Å². The van der Waals surface area contributed by atoms with Gasteiger partial charge in [0.15, 0.2) is 0 Å². The van der Waals surface area contributed by atoms with E-state index in [1.54, 1.807) is 0 Å². The molecule has 1 atom stereocenters. The van der Waals surface area contributed by atoms with E-state index in [1.807, 2.05) is 30.3 Å². The molecule has 21 heavy (non-hydrogen) atoms. The molecule has 0 fully saturated rings. The summed E-state index contributed by atoms with van der Waals surface area (Å²) in [4.78, 5) is 11.8. The van der Waals surface area contributed by atoms with Crippen molar-refractivity contribution in [1.82, 2.24) is 5.32 Å². The summed E-state index contributed by atoms with van der Waals surface area (Å²) >= 11 is 6.17. The molecule has 5 heteroatoms. The molecule has 0 aliphatic heterocycles. The van der Waals surface area contributed by atoms with Crippen LogP contribution in [-0.2, 0) is 11.2 Å². The minimum absolute atomic E-state index is 0.148. The largest absolute Gasteiger partial charge is 0.354 e. The predicted octanol–water partition coefficient (Wildman–Crippen LogP) is 3.60. The second-order valence-corrected chi connectivity index (χ2v) is 5.12. The van der Waals surface area contributed by atoms with Crippen LogP contribution in [0, 0.1) is 11.6 Å². The Balaban J connectivity index is 1.87. The molecule has 0 heterocycles. The lowest BCUT2D eigenvalue weighted by Gasteiger charge is -2.11. The number of nitrogens with one attached hydrogen (secondary N) is 1. The molecule has 0 saturated heterocycles. The van der Waals surface area contributed by atoms with Crippen LogP contribution in [-0.4, -0.2) is 12.5 Å². The van der Waals surface area contributed by atoms with Crippen LogP contribution in [0.3, 0.4) is 0 Å². The number of hydrogen-bond donors (Lipinski definition) is 1. The maximum atomic E-state index is 13.4. The number of hydrogen-bond acceptors (Lipinski definition) is 1. The number of alkyl halides is 1. The molecule has 2 aromatic carbocycles. The summed E-state index contributed by atoms with van der Waals surface area (Å²) in [7, 11) is 0. The number of carbonyl (C=O) groups is 1. The molecular weight excluding hydrogens is 296 g/mol. The topological polar surface area (TPSA) is 29.1 Å². The van der Waals surface area contributed by atoms with Crippen LogP contribution >= 0.6 is 11.6 Å². The summed E-state index contributed by atoms with van der Waals surface area (Å²) in [6, 6.07) is 12.5. The Morgan fingerprint density at radius 1 is 1.14 bits per heavy atom. The van der Waals surface area contributed by atoms with Gasteiger partial charge in [-0.15, -0.1) is 11.6 Å². The first kappa shape index (κ1) is 15.4. The van der Waals surface area contributed by atoms with E-state index < -0.39 is 11.6 Å². The Labute approximate surface area is 126 Å². The van der Waals surface area contributed by atoms with Crippen LogP contribution in [0.2, 0.25) is 0 Å². The lowest BCUT2D eigenvalue weighted by Crippen LogP contribution is -2.28. The lowest BCUT2D eigenvalue weighted by molar-refractivity contribution is -0.120. The van der Waals surface area contributed by atoms with Gasteiger partial charge in [0.05, 0.1) is 11.8 Å². The fourth-order valence-electron chi connectivity index (χ4n) is 1.88. The Morgan fingerprint density at radius 2 is 1.86 bits per heavy atom. The zero-order valence-electron chi connectivity index (χ0n) is 11.2. The van der Waals surface area contributed by atoms with E-state index in [0.717, 1.165) is 17.7 Å². The van der Waals surface area contributed by atoms with Gasteiger partial charge in [-0.1, -0.05) is 36.4 Å². The van der Waals surface area contributed by atoms with Gasteiger partial charge in [-0.25, -0.2) is 8.78 Å². The van der Waals surface area contributed by atoms with Crippen molar-refractivity contribution < 1.29 is 13.6 Å². The van der Waals surface area contributed by atoms with Gasteiger partial charge in [-0.3, -0.25) is 4.79 Å². The SMILES string of the molecule is O=C(Cc1ccc(F)cc1F)NCC(Cl)c1ccccc1. The molecular formula is C16H14ClF2NO. The van der Waals surface area contributed by atoms with Gasteiger partial charge in [-0.05, 0) is 17.2 Å². The zero-order valence-corrected chi connectivity index (χ0v) is 11.9. The normalized spacial score (nSPS) is 12.0. The predicted molar refractivity (Wildman–Crippen MR) is 78.1 cm³/mol. The Morgan fingerprint density at radius 3 is 2.52 bits per heavy atom. The number of halogens is 3. The summed E-state index contributed by atoms with van der Waals surface area (Å²) in [5.41, 5.74) is 1.05. The minimum Gasteiger partial charge on any atom is -0.354 e. The summed E-state index contributed by atoms with van der Waals surface area (Å²) < 4.78 is 26.2. The third kappa shape index (κ3) is 4.53. The molecule has 1 unspecified atom stereocenters. The van der Waals surface area contributed by atoms with Crippen molar-refractivity contribution in [3.63, 3.8) is 0 Å². The van der Waals surface area contributed by atoms with Crippen molar-refractivity contribution in [2.75, 3.05) is 6.54 Å². The highest BCUT2D eigenvalue weighted by molar-refractivity contribution is 6.21. The average molecular weight is 310 g/mol. The molecule has 110 valence electrons. The molecule has 0 spiro atoms. The van der Waals surface area contributed by atoms with Crippen LogP contribution in [0.15, 0.2) is 48.5 Å². The molecule has 0 saturated carbocycles. The number of benzene rings is 2. The standard InChI is InChI=1S/C16H14ClF2NO/c17-14(11-4-2-1-3-5-11)10-20-16(21)8-12-6-7-13(18)9-15(12)19/h1-7,9,14H,8,10H2,(H,20,21). The second-order valence-electron chi connectivity index (χ2n) is 4.59. The molecule has 0 bridgehead atoms. The quantitative estimate of drug-likeness (QED) is 0.840. The van der Waals surface area contributed by atoms with Crippen LogP contribution in [0.5, 0.6) is 0 Å². The first-order valence-corrected chi connectivity index (χ1v) is 6.89. The van der Waals surface area contributed by atoms with Gasteiger partial charge < -0.3 is 5.32 Å². The highest BCUT2D eigenvalue weighted by Crippen LogP contribution is 2.18. The maximum Gasteiger partial charge on any atom is 0.224 e. The summed E-state index contributed by atoms with van der Waals surface area (Å²) in [5, 5.41) is 2.29. The van der Waals surface area contributed by atoms with E-state index in [-0.39, 0.29) is 29.8 Å². The van der Waals surface area contributed by atoms with Crippen LogP contribution in [0.25, 0.3) is 0 Å². The Bertz CT molecular complexity index is 619. The van der Waals surface area contributed by atoms with Crippen LogP contribution in [0.1, 0.15) is 16.5 Å². The third-order valence-electron chi connectivity index (χ3n) is 3.01. The smallest absolute Gasteiger partial charge is 0.224 e. The molecule has 0 aliphatic carbocycles. The van der Waals surface area contributed by atoms with Gasteiger partial charge in [0.1, 0.15) is 11.6 Å². The van der Waals surface area contributed by atoms with E-state index in [9.17, 15) is 13.6 Å². The van der Waals surface area contributed by atoms with Crippen molar-refractivity contribution in [3.05, 3.63) is 71.3 Å². The molecule has 2 aromatic rings. The molecule has 2 rings (SSSR count). The highest BCUT2D eigenvalue weighted by atomic mass is 35.5. The molecule has 0 aliphatic rings. The number of carbonyl (C=O) groups excluding carboxylic acids is 1. The van der Waals surface area contributed by atoms with Crippen LogP contribution < -0.4 is 5.32 Å². The highest BCUT2D eigenvalue weighted by Gasteiger charge is 2.12. The van der Waals surface area contributed by atoms with Crippen molar-refractivity contribution in [2.45, 2.75) is 11.8 Å². The monoisotopic (exact) mass is 309 g/mol. The molecule has 1 amide bonds. The Hall–Kier alpha value is -1.94. The lowest BCUT2D eigenvalue weighted by atomic mass is 10.1. The Kier molecular flexibility index (Phi) is 5.28. The zero-order chi connectivity index (χ0) is 15.2. The van der Waals surface area contributed by atoms with Crippen molar-refractivity contribution >= 4 is 17.5 Å². The van der Waals surface area contributed by atoms with E-state index in [4.69, 9.17) is 11.6 Å². The average Bonchev–Trinajstić information content (AvgIpc) is 2.48. The van der Waals surface area contributed by atoms with Gasteiger partial charge in [0.25, 0.3) is 0 Å². The molecule has 0 radical (unpaired) electrons. The second kappa shape index (κ2) is 7.18. The minimum atomic E-state index is -0.726. The fraction of sp³-hybridized carbons (Fsp3) is 0.188. The van der Waals surface area contributed by atoms with E-state index in [0.29, 0.717) is 0 Å². The van der Waals surface area contributed by atoms with E-state index in [1.165, 1.54) is 6.07 Å². The van der Waals surface area contributed by atoms with Gasteiger partial charge in [0, 0.05) is 12.6 Å². The van der Waals surface area contributed by atoms with Crippen LogP contribution in [0.4, 0.5) is 8.78 Å². The van der Waals surface area contributed by atoms with Gasteiger partial charge >= 0.3 is 0 Å². The molecule has 2 nitrogen and oxygen atoms in total. The van der Waals surface area contributed by atoms with E-state index in [2.05, 4.69) is 5.32 Å². The summed E-state index contributed by atoms with van der Waals surface area (Å²) in [6.07, 6.45) is -0.148.